The number of halogens is 13. The van der Waals surface area contributed by atoms with Crippen molar-refractivity contribution in [3.8, 4) is 0 Å². The molecule has 0 atom stereocenters. The van der Waals surface area contributed by atoms with Gasteiger partial charge in [-0.2, -0.15) is 57.1 Å². The number of ether oxygens (including phenoxy) is 1. The molecule has 0 aliphatic rings. The molecule has 0 saturated carbocycles. The van der Waals surface area contributed by atoms with Crippen molar-refractivity contribution < 1.29 is 76.2 Å². The van der Waals surface area contributed by atoms with Crippen LogP contribution in [-0.2, 0) is 9.53 Å². The first-order valence-corrected chi connectivity index (χ1v) is 11.5. The van der Waals surface area contributed by atoms with Crippen LogP contribution in [-0.4, -0.2) is 78.2 Å². The Labute approximate surface area is 220 Å². The largest absolute Gasteiger partial charge is 0.462 e. The molecule has 0 fully saturated rings. The number of alkyl halides is 13. The average molecular weight is 630 g/mol. The Bertz CT molecular complexity index is 1130. The smallest absolute Gasteiger partial charge is 0.460 e. The summed E-state index contributed by atoms with van der Waals surface area (Å²) in [6, 6.07) is 0. The number of amides is 2. The Hall–Kier alpha value is -2.80. The highest BCUT2D eigenvalue weighted by atomic mass is 32.1. The lowest BCUT2D eigenvalue weighted by atomic mass is 9.93. The van der Waals surface area contributed by atoms with Crippen LogP contribution in [0.15, 0.2) is 0 Å². The third kappa shape index (κ3) is 5.41. The van der Waals surface area contributed by atoms with Crippen LogP contribution in [0.4, 0.5) is 62.1 Å². The summed E-state index contributed by atoms with van der Waals surface area (Å²) in [5.74, 6) is -45.3. The van der Waals surface area contributed by atoms with Crippen LogP contribution in [0, 0.1) is 6.92 Å². The topological polar surface area (TPSA) is 75.7 Å². The van der Waals surface area contributed by atoms with Gasteiger partial charge in [-0.1, -0.05) is 0 Å². The maximum absolute atomic E-state index is 14.3. The molecule has 0 aromatic carbocycles. The number of anilines is 1. The second-order valence-corrected chi connectivity index (χ2v) is 8.80. The van der Waals surface area contributed by atoms with E-state index in [0.29, 0.717) is 0 Å². The Morgan fingerprint density at radius 3 is 1.62 bits per heavy atom. The third-order valence-electron chi connectivity index (χ3n) is 5.32. The minimum atomic E-state index is -8.19. The molecule has 1 heterocycles. The number of carbonyl (C=O) groups is 3. The molecule has 0 bridgehead atoms. The van der Waals surface area contributed by atoms with Crippen molar-refractivity contribution in [2.45, 2.75) is 63.5 Å². The number of carbonyl (C=O) groups excluding carboxylic acids is 3. The Morgan fingerprint density at radius 1 is 0.775 bits per heavy atom. The molecule has 0 spiro atoms. The maximum Gasteiger partial charge on any atom is 0.460 e. The van der Waals surface area contributed by atoms with E-state index in [1.807, 2.05) is 0 Å². The predicted molar refractivity (Wildman–Crippen MR) is 112 cm³/mol. The zero-order valence-corrected chi connectivity index (χ0v) is 21.3. The molecule has 0 radical (unpaired) electrons. The summed E-state index contributed by atoms with van der Waals surface area (Å²) in [5.41, 5.74) is -1.30. The zero-order chi connectivity index (χ0) is 31.9. The Balaban J connectivity index is 3.68. The number of hydrogen-bond acceptors (Lipinski definition) is 5. The highest BCUT2D eigenvalue weighted by Gasteiger charge is 2.91. The van der Waals surface area contributed by atoms with Gasteiger partial charge >= 0.3 is 47.7 Å². The minimum absolute atomic E-state index is 0.0234. The van der Waals surface area contributed by atoms with Gasteiger partial charge in [0.25, 0.3) is 5.91 Å². The quantitative estimate of drug-likeness (QED) is 0.227. The summed E-state index contributed by atoms with van der Waals surface area (Å²) in [4.78, 5) is 37.6. The predicted octanol–water partition coefficient (Wildman–Crippen LogP) is 6.39. The SMILES string of the molecule is CCOC(=O)c1c(NC(=O)C(F)(F)C(F)(F)C(F)(F)C(F)(F)C(F)(F)C(F)(F)F)sc(C(=O)N(CC)CC)c1C. The van der Waals surface area contributed by atoms with E-state index in [0.717, 1.165) is 17.1 Å². The van der Waals surface area contributed by atoms with Crippen LogP contribution < -0.4 is 5.32 Å². The van der Waals surface area contributed by atoms with Gasteiger partial charge in [0.05, 0.1) is 17.0 Å². The van der Waals surface area contributed by atoms with Crippen molar-refractivity contribution in [1.29, 1.82) is 0 Å². The van der Waals surface area contributed by atoms with Crippen LogP contribution in [0.25, 0.3) is 0 Å². The summed E-state index contributed by atoms with van der Waals surface area (Å²) in [5, 5.41) is -0.336. The van der Waals surface area contributed by atoms with Crippen molar-refractivity contribution in [3.05, 3.63) is 16.0 Å². The Kier molecular flexibility index (Phi) is 9.89. The molecular formula is C20H19F13N2O4S. The third-order valence-corrected chi connectivity index (χ3v) is 6.51. The van der Waals surface area contributed by atoms with Gasteiger partial charge in [0.1, 0.15) is 5.00 Å². The molecule has 2 amide bonds. The van der Waals surface area contributed by atoms with Crippen LogP contribution in [0.2, 0.25) is 0 Å². The second-order valence-electron chi connectivity index (χ2n) is 7.78. The fourth-order valence-corrected chi connectivity index (χ4v) is 4.16. The summed E-state index contributed by atoms with van der Waals surface area (Å²) in [7, 11) is 0. The molecule has 20 heteroatoms. The lowest BCUT2D eigenvalue weighted by Gasteiger charge is -2.39. The van der Waals surface area contributed by atoms with E-state index < -0.39 is 75.6 Å². The molecule has 0 saturated heterocycles. The monoisotopic (exact) mass is 630 g/mol. The first kappa shape index (κ1) is 35.2. The minimum Gasteiger partial charge on any atom is -0.462 e. The molecule has 6 nitrogen and oxygen atoms in total. The van der Waals surface area contributed by atoms with Gasteiger partial charge in [-0.05, 0) is 33.3 Å². The van der Waals surface area contributed by atoms with Crippen LogP contribution in [0.3, 0.4) is 0 Å². The lowest BCUT2D eigenvalue weighted by Crippen LogP contribution is -2.71. The molecule has 230 valence electrons. The fourth-order valence-electron chi connectivity index (χ4n) is 3.00. The normalized spacial score (nSPS) is 13.7. The van der Waals surface area contributed by atoms with Crippen LogP contribution in [0.5, 0.6) is 0 Å². The van der Waals surface area contributed by atoms with Crippen LogP contribution in [0.1, 0.15) is 46.4 Å². The molecule has 1 aromatic heterocycles. The van der Waals surface area contributed by atoms with E-state index in [-0.39, 0.29) is 30.0 Å². The van der Waals surface area contributed by atoms with E-state index in [1.54, 1.807) is 0 Å². The van der Waals surface area contributed by atoms with Gasteiger partial charge < -0.3 is 15.0 Å². The lowest BCUT2D eigenvalue weighted by molar-refractivity contribution is -0.435. The molecule has 1 aromatic rings. The summed E-state index contributed by atoms with van der Waals surface area (Å²) in [6.07, 6.45) is -7.61. The summed E-state index contributed by atoms with van der Waals surface area (Å²) in [6.45, 7) is 4.88. The van der Waals surface area contributed by atoms with Crippen molar-refractivity contribution in [2.24, 2.45) is 0 Å². The summed E-state index contributed by atoms with van der Waals surface area (Å²) >= 11 is -0.0234. The number of nitrogens with zero attached hydrogens (tertiary/aromatic N) is 1. The molecule has 1 N–H and O–H groups in total. The second kappa shape index (κ2) is 11.2. The molecule has 1 rings (SSSR count). The van der Waals surface area contributed by atoms with Crippen molar-refractivity contribution >= 4 is 34.1 Å². The van der Waals surface area contributed by atoms with Crippen molar-refractivity contribution in [2.75, 3.05) is 25.0 Å². The van der Waals surface area contributed by atoms with Crippen molar-refractivity contribution in [3.63, 3.8) is 0 Å². The highest BCUT2D eigenvalue weighted by Crippen LogP contribution is 2.60. The van der Waals surface area contributed by atoms with Gasteiger partial charge in [0.2, 0.25) is 0 Å². The van der Waals surface area contributed by atoms with Gasteiger partial charge in [-0.15, -0.1) is 11.3 Å². The van der Waals surface area contributed by atoms with E-state index in [1.165, 1.54) is 20.8 Å². The van der Waals surface area contributed by atoms with Gasteiger partial charge in [0.15, 0.2) is 0 Å². The molecule has 0 aliphatic carbocycles. The number of esters is 1. The van der Waals surface area contributed by atoms with E-state index in [9.17, 15) is 71.5 Å². The average Bonchev–Trinajstić information content (AvgIpc) is 3.14. The number of nitrogens with one attached hydrogen (secondary N) is 1. The van der Waals surface area contributed by atoms with Gasteiger partial charge in [-0.25, -0.2) is 4.79 Å². The van der Waals surface area contributed by atoms with Gasteiger partial charge in [0, 0.05) is 13.1 Å². The standard InChI is InChI=1S/C20H19F13N2O4S/c1-5-35(6-2)12(36)10-8(4)9(13(37)39-7-3)11(40-10)34-14(38)15(21,22)16(23,24)17(25,26)18(27,28)19(29,30)20(31,32)33/h5-7H2,1-4H3,(H,34,38). The number of thiophene rings is 1. The van der Waals surface area contributed by atoms with Gasteiger partial charge in [-0.3, -0.25) is 9.59 Å². The van der Waals surface area contributed by atoms with Crippen LogP contribution >= 0.6 is 11.3 Å². The number of rotatable bonds is 11. The summed E-state index contributed by atoms with van der Waals surface area (Å²) < 4.78 is 179. The maximum atomic E-state index is 14.3. The van der Waals surface area contributed by atoms with Crippen molar-refractivity contribution in [1.82, 2.24) is 4.90 Å². The number of hydrogen-bond donors (Lipinski definition) is 1. The molecular weight excluding hydrogens is 611 g/mol. The highest BCUT2D eigenvalue weighted by molar-refractivity contribution is 7.18. The molecule has 0 unspecified atom stereocenters. The fraction of sp³-hybridized carbons (Fsp3) is 0.650. The van der Waals surface area contributed by atoms with E-state index >= 15 is 0 Å². The van der Waals surface area contributed by atoms with E-state index in [2.05, 4.69) is 4.74 Å². The Morgan fingerprint density at radius 2 is 1.23 bits per heavy atom. The van der Waals surface area contributed by atoms with E-state index in [4.69, 9.17) is 0 Å². The first-order chi connectivity index (χ1) is 17.8. The zero-order valence-electron chi connectivity index (χ0n) is 20.5. The molecule has 0 aliphatic heterocycles. The molecule has 40 heavy (non-hydrogen) atoms. The first-order valence-electron chi connectivity index (χ1n) is 10.7.